The molecule has 7 atom stereocenters. The van der Waals surface area contributed by atoms with E-state index in [4.69, 9.17) is 14.0 Å². The summed E-state index contributed by atoms with van der Waals surface area (Å²) in [6, 6.07) is -0.936. The molecule has 13 heteroatoms. The Morgan fingerprint density at radius 1 is 0.709 bits per heavy atom. The number of carbonyl (C=O) groups excluding carboxylic acids is 1. The van der Waals surface area contributed by atoms with E-state index >= 15 is 0 Å². The van der Waals surface area contributed by atoms with Crippen LogP contribution in [0.4, 0.5) is 0 Å². The molecule has 326 valence electrons. The Labute approximate surface area is 334 Å². The van der Waals surface area contributed by atoms with Crippen LogP contribution in [0.1, 0.15) is 194 Å². The zero-order valence-corrected chi connectivity index (χ0v) is 35.3. The van der Waals surface area contributed by atoms with Gasteiger partial charge in [0.1, 0.15) is 24.4 Å². The number of rotatable bonds is 37. The zero-order chi connectivity index (χ0) is 40.6. The SMILES string of the molecule is CCCCCCCCCCCC/C=C/C(O)C(COC1OC(CO)C(O)C(OS(=O)(=O)O)C1O)NC(=O)CCCCCCCCCCCCCCCCCC. The highest BCUT2D eigenvalue weighted by atomic mass is 32.3. The molecule has 6 N–H and O–H groups in total. The average Bonchev–Trinajstić information content (AvgIpc) is 3.15. The Balaban J connectivity index is 2.54. The predicted molar refractivity (Wildman–Crippen MR) is 218 cm³/mol. The fourth-order valence-corrected chi connectivity index (χ4v) is 7.61. The fraction of sp³-hybridized carbons (Fsp3) is 0.929. The predicted octanol–water partition coefficient (Wildman–Crippen LogP) is 7.99. The minimum absolute atomic E-state index is 0.262. The van der Waals surface area contributed by atoms with Crippen molar-refractivity contribution in [2.45, 2.75) is 236 Å². The number of ether oxygens (including phenoxy) is 2. The molecule has 0 spiro atoms. The number of nitrogens with one attached hydrogen (secondary N) is 1. The van der Waals surface area contributed by atoms with Gasteiger partial charge in [-0.15, -0.1) is 0 Å². The summed E-state index contributed by atoms with van der Waals surface area (Å²) in [4.78, 5) is 13.0. The van der Waals surface area contributed by atoms with Crippen LogP contribution in [-0.2, 0) is 28.9 Å². The van der Waals surface area contributed by atoms with E-state index in [1.807, 2.05) is 6.08 Å². The second kappa shape index (κ2) is 33.8. The van der Waals surface area contributed by atoms with E-state index in [0.717, 1.165) is 38.5 Å². The molecule has 0 aromatic carbocycles. The summed E-state index contributed by atoms with van der Waals surface area (Å²) < 4.78 is 47.5. The van der Waals surface area contributed by atoms with Crippen LogP contribution in [-0.4, -0.2) is 95.4 Å². The zero-order valence-electron chi connectivity index (χ0n) is 34.5. The van der Waals surface area contributed by atoms with Crippen LogP contribution in [0, 0.1) is 0 Å². The molecule has 1 amide bonds. The molecule has 0 aromatic heterocycles. The van der Waals surface area contributed by atoms with E-state index in [2.05, 4.69) is 23.3 Å². The molecule has 1 heterocycles. The summed E-state index contributed by atoms with van der Waals surface area (Å²) >= 11 is 0. The van der Waals surface area contributed by atoms with Crippen molar-refractivity contribution < 1.29 is 51.8 Å². The van der Waals surface area contributed by atoms with Crippen LogP contribution in [0.5, 0.6) is 0 Å². The molecular formula is C42H81NO11S. The molecule has 12 nitrogen and oxygen atoms in total. The lowest BCUT2D eigenvalue weighted by atomic mass is 9.99. The van der Waals surface area contributed by atoms with Crippen molar-refractivity contribution in [3.8, 4) is 0 Å². The normalized spacial score (nSPS) is 21.6. The molecule has 7 unspecified atom stereocenters. The molecule has 1 fully saturated rings. The summed E-state index contributed by atoms with van der Waals surface area (Å²) in [6.45, 7) is 3.37. The molecular weight excluding hydrogens is 727 g/mol. The number of aliphatic hydroxyl groups is 4. The van der Waals surface area contributed by atoms with Gasteiger partial charge >= 0.3 is 10.4 Å². The van der Waals surface area contributed by atoms with Gasteiger partial charge in [-0.25, -0.2) is 4.18 Å². The van der Waals surface area contributed by atoms with E-state index in [9.17, 15) is 33.6 Å². The molecule has 1 saturated heterocycles. The summed E-state index contributed by atoms with van der Waals surface area (Å²) in [5.74, 6) is -0.262. The lowest BCUT2D eigenvalue weighted by Gasteiger charge is -2.41. The lowest BCUT2D eigenvalue weighted by Crippen LogP contribution is -2.61. The van der Waals surface area contributed by atoms with Crippen LogP contribution < -0.4 is 5.32 Å². The van der Waals surface area contributed by atoms with E-state index in [1.165, 1.54) is 128 Å². The van der Waals surface area contributed by atoms with Crippen LogP contribution in [0.3, 0.4) is 0 Å². The molecule has 0 aromatic rings. The first kappa shape index (κ1) is 51.9. The molecule has 55 heavy (non-hydrogen) atoms. The summed E-state index contributed by atoms with van der Waals surface area (Å²) in [6.07, 6.45) is 26.8. The molecule has 0 saturated carbocycles. The molecule has 0 bridgehead atoms. The van der Waals surface area contributed by atoms with Gasteiger partial charge in [0.15, 0.2) is 6.29 Å². The highest BCUT2D eigenvalue weighted by Gasteiger charge is 2.48. The second-order valence-corrected chi connectivity index (χ2v) is 16.7. The number of carbonyl (C=O) groups is 1. The highest BCUT2D eigenvalue weighted by Crippen LogP contribution is 2.26. The van der Waals surface area contributed by atoms with Gasteiger partial charge in [0, 0.05) is 6.42 Å². The Morgan fingerprint density at radius 2 is 1.15 bits per heavy atom. The number of hydrogen-bond acceptors (Lipinski definition) is 10. The van der Waals surface area contributed by atoms with Crippen LogP contribution in [0.15, 0.2) is 12.2 Å². The van der Waals surface area contributed by atoms with Crippen molar-refractivity contribution in [1.82, 2.24) is 5.32 Å². The summed E-state index contributed by atoms with van der Waals surface area (Å²) in [5, 5.41) is 44.6. The van der Waals surface area contributed by atoms with Crippen molar-refractivity contribution in [3.05, 3.63) is 12.2 Å². The number of aliphatic hydroxyl groups excluding tert-OH is 4. The maximum Gasteiger partial charge on any atom is 0.397 e. The van der Waals surface area contributed by atoms with Gasteiger partial charge in [0.2, 0.25) is 5.91 Å². The standard InChI is InChI=1S/C42H81NO11S/c1-3-5-7-9-11-13-15-17-18-19-20-22-24-26-28-30-32-38(46)43-35(36(45)31-29-27-25-23-21-16-14-12-10-8-6-4-2)34-52-42-40(48)41(54-55(49,50)51)39(47)37(33-44)53-42/h29,31,35-37,39-42,44-45,47-48H,3-28,30,32-34H2,1-2H3,(H,43,46)(H,49,50,51)/b31-29+. The fourth-order valence-electron chi connectivity index (χ4n) is 7.10. The molecule has 1 aliphatic heterocycles. The summed E-state index contributed by atoms with van der Waals surface area (Å²) in [5.41, 5.74) is 0. The third-order valence-corrected chi connectivity index (χ3v) is 11.0. The third kappa shape index (κ3) is 27.2. The van der Waals surface area contributed by atoms with Gasteiger partial charge in [-0.2, -0.15) is 8.42 Å². The van der Waals surface area contributed by atoms with Crippen molar-refractivity contribution in [3.63, 3.8) is 0 Å². The Bertz CT molecular complexity index is 1050. The van der Waals surface area contributed by atoms with Crippen molar-refractivity contribution in [2.24, 2.45) is 0 Å². The number of unbranched alkanes of at least 4 members (excludes halogenated alkanes) is 25. The maximum atomic E-state index is 13.0. The van der Waals surface area contributed by atoms with Crippen LogP contribution in [0.25, 0.3) is 0 Å². The first-order valence-electron chi connectivity index (χ1n) is 22.1. The molecule has 1 aliphatic rings. The van der Waals surface area contributed by atoms with Crippen LogP contribution >= 0.6 is 0 Å². The minimum atomic E-state index is -5.08. The van der Waals surface area contributed by atoms with Gasteiger partial charge in [-0.1, -0.05) is 180 Å². The Morgan fingerprint density at radius 3 is 1.58 bits per heavy atom. The molecule has 0 aliphatic carbocycles. The van der Waals surface area contributed by atoms with E-state index < -0.39 is 59.9 Å². The van der Waals surface area contributed by atoms with Gasteiger partial charge in [-0.05, 0) is 19.3 Å². The molecule has 1 rings (SSSR count). The first-order valence-corrected chi connectivity index (χ1v) is 23.4. The monoisotopic (exact) mass is 808 g/mol. The van der Waals surface area contributed by atoms with Crippen molar-refractivity contribution in [2.75, 3.05) is 13.2 Å². The Kier molecular flexibility index (Phi) is 31.8. The van der Waals surface area contributed by atoms with Gasteiger partial charge in [-0.3, -0.25) is 9.35 Å². The number of hydrogen-bond donors (Lipinski definition) is 6. The number of amides is 1. The average molecular weight is 808 g/mol. The maximum absolute atomic E-state index is 13.0. The van der Waals surface area contributed by atoms with E-state index in [1.54, 1.807) is 6.08 Å². The quantitative estimate of drug-likeness (QED) is 0.0203. The largest absolute Gasteiger partial charge is 0.397 e. The topological polar surface area (TPSA) is 192 Å². The first-order chi connectivity index (χ1) is 26.5. The number of allylic oxidation sites excluding steroid dienone is 1. The highest BCUT2D eigenvalue weighted by molar-refractivity contribution is 7.80. The summed E-state index contributed by atoms with van der Waals surface area (Å²) in [7, 11) is -5.08. The van der Waals surface area contributed by atoms with E-state index in [0.29, 0.717) is 6.42 Å². The van der Waals surface area contributed by atoms with E-state index in [-0.39, 0.29) is 18.9 Å². The lowest BCUT2D eigenvalue weighted by molar-refractivity contribution is -0.298. The molecule has 0 radical (unpaired) electrons. The second-order valence-electron chi connectivity index (χ2n) is 15.6. The Hall–Kier alpha value is -1.16. The minimum Gasteiger partial charge on any atom is -0.394 e. The van der Waals surface area contributed by atoms with Crippen molar-refractivity contribution in [1.29, 1.82) is 0 Å². The van der Waals surface area contributed by atoms with Gasteiger partial charge in [0.05, 0.1) is 25.4 Å². The van der Waals surface area contributed by atoms with Gasteiger partial charge in [0.25, 0.3) is 0 Å². The van der Waals surface area contributed by atoms with Crippen molar-refractivity contribution >= 4 is 16.3 Å². The van der Waals surface area contributed by atoms with Gasteiger partial charge < -0.3 is 35.2 Å². The third-order valence-electron chi connectivity index (χ3n) is 10.6. The van der Waals surface area contributed by atoms with Crippen LogP contribution in [0.2, 0.25) is 0 Å². The smallest absolute Gasteiger partial charge is 0.394 e.